The highest BCUT2D eigenvalue weighted by Gasteiger charge is 2.26. The number of allylic oxidation sites excluding steroid dienone is 12. The first-order valence-electron chi connectivity index (χ1n) is 23.4. The third kappa shape index (κ3) is 44.8. The molecule has 0 bridgehead atoms. The normalized spacial score (nSPS) is 13.9. The van der Waals surface area contributed by atoms with Gasteiger partial charge in [0.2, 0.25) is 0 Å². The van der Waals surface area contributed by atoms with Crippen LogP contribution in [0.25, 0.3) is 0 Å². The molecule has 0 rings (SSSR count). The molecular formula is C49H86NO8P. The predicted octanol–water partition coefficient (Wildman–Crippen LogP) is 13.8. The fourth-order valence-electron chi connectivity index (χ4n) is 6.06. The molecule has 9 nitrogen and oxygen atoms in total. The molecule has 0 saturated heterocycles. The lowest BCUT2D eigenvalue weighted by Crippen LogP contribution is -2.29. The number of nitrogens with two attached hydrogens (primary N) is 1. The molecule has 10 heteroatoms. The van der Waals surface area contributed by atoms with Crippen LogP contribution in [0, 0.1) is 0 Å². The Morgan fingerprint density at radius 3 is 1.32 bits per heavy atom. The van der Waals surface area contributed by atoms with E-state index in [0.29, 0.717) is 6.42 Å². The van der Waals surface area contributed by atoms with Crippen LogP contribution >= 0.6 is 7.82 Å². The van der Waals surface area contributed by atoms with Gasteiger partial charge in [-0.3, -0.25) is 18.6 Å². The zero-order valence-corrected chi connectivity index (χ0v) is 38.4. The zero-order chi connectivity index (χ0) is 43.2. The first-order chi connectivity index (χ1) is 28.8. The molecule has 0 aromatic carbocycles. The third-order valence-corrected chi connectivity index (χ3v) is 10.5. The maximum Gasteiger partial charge on any atom is 0.472 e. The van der Waals surface area contributed by atoms with Crippen molar-refractivity contribution < 1.29 is 37.6 Å². The van der Waals surface area contributed by atoms with Gasteiger partial charge in [0.25, 0.3) is 0 Å². The highest BCUT2D eigenvalue weighted by atomic mass is 31.2. The summed E-state index contributed by atoms with van der Waals surface area (Å²) in [5, 5.41) is 0. The summed E-state index contributed by atoms with van der Waals surface area (Å²) in [4.78, 5) is 35.0. The lowest BCUT2D eigenvalue weighted by molar-refractivity contribution is -0.161. The SMILES string of the molecule is CCCCCC=CCC=CCC=CCC=CCCCCCC(=O)O[C@H](COC(=O)CCCCCCCCCCCC=CCC=CCCCCC)COP(=O)(O)OCCN. The van der Waals surface area contributed by atoms with Gasteiger partial charge < -0.3 is 20.1 Å². The number of rotatable bonds is 43. The van der Waals surface area contributed by atoms with Crippen LogP contribution in [0.1, 0.15) is 194 Å². The number of carbonyl (C=O) groups is 2. The summed E-state index contributed by atoms with van der Waals surface area (Å²) < 4.78 is 32.8. The van der Waals surface area contributed by atoms with Crippen molar-refractivity contribution >= 4 is 19.8 Å². The number of unbranched alkanes of at least 4 members (excludes halogenated alkanes) is 18. The number of carbonyl (C=O) groups excluding carboxylic acids is 2. The van der Waals surface area contributed by atoms with Gasteiger partial charge in [0.1, 0.15) is 6.61 Å². The lowest BCUT2D eigenvalue weighted by Gasteiger charge is -2.19. The van der Waals surface area contributed by atoms with E-state index in [2.05, 4.69) is 86.8 Å². The molecule has 0 aromatic rings. The van der Waals surface area contributed by atoms with E-state index in [1.807, 2.05) is 0 Å². The van der Waals surface area contributed by atoms with Crippen LogP contribution in [0.4, 0.5) is 0 Å². The minimum absolute atomic E-state index is 0.0439. The standard InChI is InChI=1S/C49H86NO8P/c1-3-5-7-9-11-13-15-17-19-21-23-25-27-29-31-33-35-37-39-41-48(51)55-45-47(46-57-59(53,54)56-44-43-50)58-49(52)42-40-38-36-34-32-30-28-26-24-22-20-18-16-14-12-10-8-6-4-2/h11-14,17-20,24,26,30,32,47H,3-10,15-16,21-23,25,27-29,31,33-46,50H2,1-2H3,(H,53,54)/t47-/m1/s1. The van der Waals surface area contributed by atoms with Crippen molar-refractivity contribution in [2.45, 2.75) is 200 Å². The molecule has 0 amide bonds. The van der Waals surface area contributed by atoms with Crippen LogP contribution in [0.2, 0.25) is 0 Å². The lowest BCUT2D eigenvalue weighted by atomic mass is 10.1. The molecule has 340 valence electrons. The molecule has 0 fully saturated rings. The predicted molar refractivity (Wildman–Crippen MR) is 247 cm³/mol. The van der Waals surface area contributed by atoms with Crippen LogP contribution < -0.4 is 5.73 Å². The second-order valence-electron chi connectivity index (χ2n) is 15.3. The van der Waals surface area contributed by atoms with Crippen LogP contribution in [-0.4, -0.2) is 49.3 Å². The Bertz CT molecular complexity index is 1190. The first-order valence-corrected chi connectivity index (χ1v) is 24.9. The Morgan fingerprint density at radius 1 is 0.508 bits per heavy atom. The molecule has 0 saturated carbocycles. The largest absolute Gasteiger partial charge is 0.472 e. The molecule has 0 spiro atoms. The Morgan fingerprint density at radius 2 is 0.881 bits per heavy atom. The number of hydrogen-bond donors (Lipinski definition) is 2. The van der Waals surface area contributed by atoms with Gasteiger partial charge in [-0.1, -0.05) is 164 Å². The van der Waals surface area contributed by atoms with Crippen molar-refractivity contribution in [1.82, 2.24) is 0 Å². The highest BCUT2D eigenvalue weighted by molar-refractivity contribution is 7.47. The van der Waals surface area contributed by atoms with Gasteiger partial charge >= 0.3 is 19.8 Å². The first kappa shape index (κ1) is 56.5. The summed E-state index contributed by atoms with van der Waals surface area (Å²) in [5.41, 5.74) is 5.35. The summed E-state index contributed by atoms with van der Waals surface area (Å²) >= 11 is 0. The van der Waals surface area contributed by atoms with Crippen molar-refractivity contribution in [3.63, 3.8) is 0 Å². The Kier molecular flexibility index (Phi) is 43.0. The van der Waals surface area contributed by atoms with Gasteiger partial charge in [-0.25, -0.2) is 4.57 Å². The van der Waals surface area contributed by atoms with Crippen molar-refractivity contribution in [3.8, 4) is 0 Å². The zero-order valence-electron chi connectivity index (χ0n) is 37.5. The third-order valence-electron chi connectivity index (χ3n) is 9.56. The van der Waals surface area contributed by atoms with E-state index in [1.165, 1.54) is 83.5 Å². The van der Waals surface area contributed by atoms with Gasteiger partial charge in [0.05, 0.1) is 13.2 Å². The van der Waals surface area contributed by atoms with Gasteiger partial charge in [0.15, 0.2) is 6.10 Å². The highest BCUT2D eigenvalue weighted by Crippen LogP contribution is 2.43. The molecular weight excluding hydrogens is 762 g/mol. The van der Waals surface area contributed by atoms with E-state index in [1.54, 1.807) is 0 Å². The van der Waals surface area contributed by atoms with Gasteiger partial charge in [0, 0.05) is 19.4 Å². The Labute approximate surface area is 361 Å². The number of phosphoric acid groups is 1. The molecule has 0 aliphatic carbocycles. The minimum Gasteiger partial charge on any atom is -0.462 e. The average molecular weight is 848 g/mol. The van der Waals surface area contributed by atoms with Crippen LogP contribution in [0.15, 0.2) is 72.9 Å². The fourth-order valence-corrected chi connectivity index (χ4v) is 6.82. The second kappa shape index (κ2) is 45.0. The summed E-state index contributed by atoms with van der Waals surface area (Å²) in [6.07, 6.45) is 55.0. The number of phosphoric ester groups is 1. The quantitative estimate of drug-likeness (QED) is 0.0266. The Balaban J connectivity index is 4.19. The van der Waals surface area contributed by atoms with E-state index in [4.69, 9.17) is 24.3 Å². The van der Waals surface area contributed by atoms with Crippen LogP contribution in [0.5, 0.6) is 0 Å². The molecule has 0 aromatic heterocycles. The van der Waals surface area contributed by atoms with E-state index < -0.39 is 32.5 Å². The fraction of sp³-hybridized carbons (Fsp3) is 0.714. The van der Waals surface area contributed by atoms with Crippen molar-refractivity contribution in [2.24, 2.45) is 5.73 Å². The van der Waals surface area contributed by atoms with Crippen molar-refractivity contribution in [3.05, 3.63) is 72.9 Å². The molecule has 1 unspecified atom stereocenters. The molecule has 0 aliphatic rings. The van der Waals surface area contributed by atoms with Crippen molar-refractivity contribution in [2.75, 3.05) is 26.4 Å². The number of hydrogen-bond acceptors (Lipinski definition) is 8. The second-order valence-corrected chi connectivity index (χ2v) is 16.7. The van der Waals surface area contributed by atoms with E-state index in [-0.39, 0.29) is 32.6 Å². The van der Waals surface area contributed by atoms with E-state index >= 15 is 0 Å². The van der Waals surface area contributed by atoms with Crippen molar-refractivity contribution in [1.29, 1.82) is 0 Å². The van der Waals surface area contributed by atoms with Gasteiger partial charge in [-0.2, -0.15) is 0 Å². The van der Waals surface area contributed by atoms with E-state index in [9.17, 15) is 19.0 Å². The Hall–Kier alpha value is -2.55. The molecule has 0 heterocycles. The van der Waals surface area contributed by atoms with Crippen LogP contribution in [-0.2, 0) is 32.7 Å². The number of ether oxygens (including phenoxy) is 2. The maximum absolute atomic E-state index is 12.6. The summed E-state index contributed by atoms with van der Waals surface area (Å²) in [6.45, 7) is 3.63. The molecule has 2 atom stereocenters. The number of esters is 2. The maximum atomic E-state index is 12.6. The minimum atomic E-state index is -4.39. The molecule has 59 heavy (non-hydrogen) atoms. The van der Waals surface area contributed by atoms with E-state index in [0.717, 1.165) is 77.0 Å². The van der Waals surface area contributed by atoms with Gasteiger partial charge in [-0.15, -0.1) is 0 Å². The summed E-state index contributed by atoms with van der Waals surface area (Å²) in [6, 6.07) is 0. The molecule has 0 aliphatic heterocycles. The molecule has 0 radical (unpaired) electrons. The summed E-state index contributed by atoms with van der Waals surface area (Å²) in [7, 11) is -4.39. The monoisotopic (exact) mass is 848 g/mol. The topological polar surface area (TPSA) is 134 Å². The average Bonchev–Trinajstić information content (AvgIpc) is 3.22. The smallest absolute Gasteiger partial charge is 0.462 e. The van der Waals surface area contributed by atoms with Gasteiger partial charge in [-0.05, 0) is 89.9 Å². The van der Waals surface area contributed by atoms with Crippen LogP contribution in [0.3, 0.4) is 0 Å². The summed E-state index contributed by atoms with van der Waals surface area (Å²) in [5.74, 6) is -0.872. The molecule has 3 N–H and O–H groups in total.